The van der Waals surface area contributed by atoms with Crippen LogP contribution in [0.25, 0.3) is 11.2 Å². The summed E-state index contributed by atoms with van der Waals surface area (Å²) in [6.45, 7) is 2.14. The number of carbonyl (C=O) groups excluding carboxylic acids is 2. The van der Waals surface area contributed by atoms with Gasteiger partial charge in [0.15, 0.2) is 16.6 Å². The highest BCUT2D eigenvalue weighted by Crippen LogP contribution is 2.24. The largest absolute Gasteiger partial charge is 0.325 e. The Morgan fingerprint density at radius 3 is 2.50 bits per heavy atom. The average molecular weight is 417 g/mol. The molecule has 0 radical (unpaired) electrons. The van der Waals surface area contributed by atoms with Gasteiger partial charge in [0.05, 0.1) is 12.3 Å². The van der Waals surface area contributed by atoms with Crippen molar-refractivity contribution in [3.8, 4) is 0 Å². The smallest absolute Gasteiger partial charge is 0.234 e. The van der Waals surface area contributed by atoms with Crippen LogP contribution in [0.5, 0.6) is 0 Å². The van der Waals surface area contributed by atoms with Crippen LogP contribution in [0.2, 0.25) is 0 Å². The fraction of sp³-hybridized carbons (Fsp3) is 0.130. The molecule has 0 atom stereocenters. The van der Waals surface area contributed by atoms with E-state index in [4.69, 9.17) is 0 Å². The number of hydrogen-bond acceptors (Lipinski definition) is 5. The summed E-state index contributed by atoms with van der Waals surface area (Å²) < 4.78 is 2.03. The van der Waals surface area contributed by atoms with Crippen LogP contribution in [0, 0.1) is 0 Å². The van der Waals surface area contributed by atoms with Crippen molar-refractivity contribution in [3.63, 3.8) is 0 Å². The van der Waals surface area contributed by atoms with Crippen molar-refractivity contribution >= 4 is 40.3 Å². The van der Waals surface area contributed by atoms with E-state index in [2.05, 4.69) is 27.4 Å². The Labute approximate surface area is 178 Å². The number of nitrogens with zero attached hydrogens (tertiary/aromatic N) is 3. The number of Topliss-reactive ketones (excluding diaryl/α,β-unsaturated/α-hetero) is 1. The van der Waals surface area contributed by atoms with Crippen LogP contribution >= 0.6 is 11.8 Å². The molecule has 6 nitrogen and oxygen atoms in total. The molecule has 2 aromatic heterocycles. The fourth-order valence-electron chi connectivity index (χ4n) is 3.07. The van der Waals surface area contributed by atoms with Crippen molar-refractivity contribution in [2.24, 2.45) is 0 Å². The first-order valence-corrected chi connectivity index (χ1v) is 10.5. The number of thioether (sulfide) groups is 1. The molecule has 0 bridgehead atoms. The number of carbonyl (C=O) groups is 2. The number of ketones is 1. The number of rotatable bonds is 7. The first-order chi connectivity index (χ1) is 14.6. The molecule has 150 valence electrons. The molecule has 0 aliphatic carbocycles. The lowest BCUT2D eigenvalue weighted by atomic mass is 10.1. The van der Waals surface area contributed by atoms with E-state index in [0.717, 1.165) is 21.9 Å². The van der Waals surface area contributed by atoms with Crippen LogP contribution in [0.3, 0.4) is 0 Å². The summed E-state index contributed by atoms with van der Waals surface area (Å²) in [4.78, 5) is 32.9. The van der Waals surface area contributed by atoms with E-state index < -0.39 is 0 Å². The molecule has 0 aliphatic heterocycles. The van der Waals surface area contributed by atoms with Crippen LogP contribution in [0.4, 0.5) is 5.69 Å². The first-order valence-electron chi connectivity index (χ1n) is 9.49. The second kappa shape index (κ2) is 8.92. The summed E-state index contributed by atoms with van der Waals surface area (Å²) in [5.74, 6) is 0.0725. The topological polar surface area (TPSA) is 76.9 Å². The Bertz CT molecular complexity index is 1190. The van der Waals surface area contributed by atoms with E-state index in [-0.39, 0.29) is 17.4 Å². The molecule has 0 saturated heterocycles. The maximum absolute atomic E-state index is 12.4. The molecule has 2 heterocycles. The summed E-state index contributed by atoms with van der Waals surface area (Å²) in [5, 5.41) is 3.60. The van der Waals surface area contributed by atoms with Crippen LogP contribution in [0.1, 0.15) is 22.8 Å². The molecule has 2 aromatic carbocycles. The number of pyridine rings is 1. The van der Waals surface area contributed by atoms with Gasteiger partial charge in [0, 0.05) is 17.4 Å². The molecule has 1 N–H and O–H groups in total. The quantitative estimate of drug-likeness (QED) is 0.357. The molecular formula is C23H20N4O2S. The third-order valence-electron chi connectivity index (χ3n) is 4.56. The summed E-state index contributed by atoms with van der Waals surface area (Å²) in [5.41, 5.74) is 4.01. The van der Waals surface area contributed by atoms with E-state index >= 15 is 0 Å². The van der Waals surface area contributed by atoms with E-state index in [1.807, 2.05) is 34.9 Å². The van der Waals surface area contributed by atoms with Gasteiger partial charge in [-0.2, -0.15) is 0 Å². The highest BCUT2D eigenvalue weighted by atomic mass is 32.2. The predicted molar refractivity (Wildman–Crippen MR) is 119 cm³/mol. The molecule has 0 aliphatic rings. The first kappa shape index (κ1) is 19.8. The number of aromatic nitrogens is 3. The lowest BCUT2D eigenvalue weighted by molar-refractivity contribution is -0.113. The van der Waals surface area contributed by atoms with Crippen LogP contribution in [-0.2, 0) is 11.3 Å². The van der Waals surface area contributed by atoms with Gasteiger partial charge in [-0.3, -0.25) is 14.2 Å². The monoisotopic (exact) mass is 416 g/mol. The second-order valence-electron chi connectivity index (χ2n) is 6.78. The summed E-state index contributed by atoms with van der Waals surface area (Å²) in [6.07, 6.45) is 1.75. The van der Waals surface area contributed by atoms with Crippen molar-refractivity contribution in [1.82, 2.24) is 14.5 Å². The minimum Gasteiger partial charge on any atom is -0.325 e. The van der Waals surface area contributed by atoms with Gasteiger partial charge in [-0.15, -0.1) is 0 Å². The number of fused-ring (bicyclic) bond motifs is 1. The third kappa shape index (κ3) is 4.58. The van der Waals surface area contributed by atoms with Crippen LogP contribution < -0.4 is 5.32 Å². The van der Waals surface area contributed by atoms with Crippen molar-refractivity contribution in [2.45, 2.75) is 18.6 Å². The molecule has 0 spiro atoms. The average Bonchev–Trinajstić information content (AvgIpc) is 3.11. The third-order valence-corrected chi connectivity index (χ3v) is 5.54. The van der Waals surface area contributed by atoms with E-state index in [1.54, 1.807) is 30.5 Å². The molecule has 1 amide bonds. The molecule has 0 fully saturated rings. The Morgan fingerprint density at radius 2 is 1.77 bits per heavy atom. The van der Waals surface area contributed by atoms with Crippen molar-refractivity contribution in [2.75, 3.05) is 11.1 Å². The number of hydrogen-bond donors (Lipinski definition) is 1. The fourth-order valence-corrected chi connectivity index (χ4v) is 3.87. The van der Waals surface area contributed by atoms with Gasteiger partial charge >= 0.3 is 0 Å². The van der Waals surface area contributed by atoms with Crippen molar-refractivity contribution in [3.05, 3.63) is 84.1 Å². The van der Waals surface area contributed by atoms with Gasteiger partial charge in [0.1, 0.15) is 5.52 Å². The number of nitrogens with one attached hydrogen (secondary N) is 1. The Balaban J connectivity index is 1.48. The number of amides is 1. The molecule has 4 rings (SSSR count). The van der Waals surface area contributed by atoms with Crippen LogP contribution in [-0.4, -0.2) is 32.0 Å². The molecule has 0 saturated carbocycles. The van der Waals surface area contributed by atoms with E-state index in [9.17, 15) is 9.59 Å². The highest BCUT2D eigenvalue weighted by molar-refractivity contribution is 7.99. The van der Waals surface area contributed by atoms with Gasteiger partial charge < -0.3 is 5.32 Å². The van der Waals surface area contributed by atoms with Crippen molar-refractivity contribution in [1.29, 1.82) is 0 Å². The lowest BCUT2D eigenvalue weighted by Gasteiger charge is -2.09. The molecule has 30 heavy (non-hydrogen) atoms. The zero-order valence-electron chi connectivity index (χ0n) is 16.4. The Kier molecular flexibility index (Phi) is 5.90. The lowest BCUT2D eigenvalue weighted by Crippen LogP contribution is -2.15. The minimum absolute atomic E-state index is 0.00522. The molecule has 4 aromatic rings. The van der Waals surface area contributed by atoms with Gasteiger partial charge in [0.2, 0.25) is 5.91 Å². The SMILES string of the molecule is CC(=O)c1ccc(NC(=O)CSc2nc3cccnc3n2Cc2ccccc2)cc1. The molecular weight excluding hydrogens is 396 g/mol. The molecule has 7 heteroatoms. The summed E-state index contributed by atoms with van der Waals surface area (Å²) in [7, 11) is 0. The van der Waals surface area contributed by atoms with Gasteiger partial charge in [0.25, 0.3) is 0 Å². The Morgan fingerprint density at radius 1 is 1.00 bits per heavy atom. The Hall–Kier alpha value is -3.45. The maximum Gasteiger partial charge on any atom is 0.234 e. The molecule has 0 unspecified atom stereocenters. The normalized spacial score (nSPS) is 10.8. The van der Waals surface area contributed by atoms with E-state index in [1.165, 1.54) is 18.7 Å². The van der Waals surface area contributed by atoms with Gasteiger partial charge in [-0.05, 0) is 48.9 Å². The van der Waals surface area contributed by atoms with Gasteiger partial charge in [-0.1, -0.05) is 42.1 Å². The number of benzene rings is 2. The van der Waals surface area contributed by atoms with Crippen LogP contribution in [0.15, 0.2) is 78.1 Å². The predicted octanol–water partition coefficient (Wildman–Crippen LogP) is 4.41. The zero-order chi connectivity index (χ0) is 20.9. The number of anilines is 1. The standard InChI is InChI=1S/C23H20N4O2S/c1-16(28)18-9-11-19(12-10-18)25-21(29)15-30-23-26-20-8-5-13-24-22(20)27(23)14-17-6-3-2-4-7-17/h2-13H,14-15H2,1H3,(H,25,29). The zero-order valence-corrected chi connectivity index (χ0v) is 17.2. The highest BCUT2D eigenvalue weighted by Gasteiger charge is 2.14. The summed E-state index contributed by atoms with van der Waals surface area (Å²) >= 11 is 1.37. The van der Waals surface area contributed by atoms with Gasteiger partial charge in [-0.25, -0.2) is 9.97 Å². The van der Waals surface area contributed by atoms with E-state index in [0.29, 0.717) is 17.8 Å². The summed E-state index contributed by atoms with van der Waals surface area (Å²) in [6, 6.07) is 20.7. The number of imidazole rings is 1. The minimum atomic E-state index is -0.137. The maximum atomic E-state index is 12.4. The second-order valence-corrected chi connectivity index (χ2v) is 7.73. The van der Waals surface area contributed by atoms with Crippen molar-refractivity contribution < 1.29 is 9.59 Å².